The van der Waals surface area contributed by atoms with E-state index >= 15 is 0 Å². The van der Waals surface area contributed by atoms with Crippen molar-refractivity contribution >= 4 is 33.5 Å². The monoisotopic (exact) mass is 407 g/mol. The van der Waals surface area contributed by atoms with E-state index in [4.69, 9.17) is 9.47 Å². The maximum absolute atomic E-state index is 12.6. The van der Waals surface area contributed by atoms with Gasteiger partial charge < -0.3 is 14.8 Å². The second-order valence-electron chi connectivity index (χ2n) is 6.42. The Morgan fingerprint density at radius 3 is 2.56 bits per heavy atom. The van der Waals surface area contributed by atoms with E-state index in [9.17, 15) is 9.59 Å². The molecule has 1 aromatic carbocycles. The van der Waals surface area contributed by atoms with E-state index in [1.807, 2.05) is 36.4 Å². The standard InChI is InChI=1S/C19H22BrNO4/c20-13-7-9-14(10-8-13)21-18(22)16-5-1-2-6-17(16)19(23)25-12-15-4-3-11-24-15/h1-2,7-10,15-17H,3-6,11-12H2,(H,21,22)/t15-,16+,17+/m0/s1. The third kappa shape index (κ3) is 4.92. The number of carbonyl (C=O) groups is 2. The summed E-state index contributed by atoms with van der Waals surface area (Å²) in [4.78, 5) is 25.1. The number of hydrogen-bond donors (Lipinski definition) is 1. The minimum Gasteiger partial charge on any atom is -0.463 e. The van der Waals surface area contributed by atoms with Crippen LogP contribution < -0.4 is 5.32 Å². The van der Waals surface area contributed by atoms with Gasteiger partial charge in [0.2, 0.25) is 5.91 Å². The number of carbonyl (C=O) groups excluding carboxylic acids is 2. The van der Waals surface area contributed by atoms with Gasteiger partial charge in [-0.25, -0.2) is 0 Å². The maximum Gasteiger partial charge on any atom is 0.310 e. The lowest BCUT2D eigenvalue weighted by atomic mass is 9.82. The molecule has 0 spiro atoms. The molecule has 1 saturated heterocycles. The van der Waals surface area contributed by atoms with E-state index in [1.54, 1.807) is 0 Å². The van der Waals surface area contributed by atoms with Crippen molar-refractivity contribution in [3.05, 3.63) is 40.9 Å². The SMILES string of the molecule is O=C(Nc1ccc(Br)cc1)[C@@H]1CC=CC[C@H]1C(=O)OC[C@@H]1CCCO1. The fourth-order valence-electron chi connectivity index (χ4n) is 3.19. The zero-order valence-corrected chi connectivity index (χ0v) is 15.5. The van der Waals surface area contributed by atoms with Gasteiger partial charge in [0.15, 0.2) is 0 Å². The van der Waals surface area contributed by atoms with E-state index in [0.717, 1.165) is 23.9 Å². The molecule has 25 heavy (non-hydrogen) atoms. The van der Waals surface area contributed by atoms with Crippen molar-refractivity contribution in [3.63, 3.8) is 0 Å². The van der Waals surface area contributed by atoms with Crippen LogP contribution in [0.3, 0.4) is 0 Å². The van der Waals surface area contributed by atoms with Gasteiger partial charge in [0.05, 0.1) is 17.9 Å². The number of benzene rings is 1. The maximum atomic E-state index is 12.6. The molecule has 0 aromatic heterocycles. The van der Waals surface area contributed by atoms with Crippen molar-refractivity contribution in [2.45, 2.75) is 31.8 Å². The lowest BCUT2D eigenvalue weighted by Gasteiger charge is -2.26. The van der Waals surface area contributed by atoms with Gasteiger partial charge >= 0.3 is 5.97 Å². The summed E-state index contributed by atoms with van der Waals surface area (Å²) in [5.74, 6) is -1.31. The Labute approximate surface area is 155 Å². The molecule has 1 fully saturated rings. The number of esters is 1. The molecule has 0 radical (unpaired) electrons. The van der Waals surface area contributed by atoms with Crippen LogP contribution in [0.1, 0.15) is 25.7 Å². The molecular formula is C19H22BrNO4. The third-order valence-corrected chi connectivity index (χ3v) is 5.15. The molecule has 1 heterocycles. The summed E-state index contributed by atoms with van der Waals surface area (Å²) in [6.45, 7) is 1.01. The topological polar surface area (TPSA) is 64.6 Å². The number of nitrogens with one attached hydrogen (secondary N) is 1. The molecule has 3 atom stereocenters. The first-order valence-corrected chi connectivity index (χ1v) is 9.42. The van der Waals surface area contributed by atoms with E-state index in [2.05, 4.69) is 21.2 Å². The lowest BCUT2D eigenvalue weighted by molar-refractivity contribution is -0.155. The summed E-state index contributed by atoms with van der Waals surface area (Å²) >= 11 is 3.37. The summed E-state index contributed by atoms with van der Waals surface area (Å²) < 4.78 is 11.9. The predicted octanol–water partition coefficient (Wildman–Crippen LogP) is 3.69. The minimum absolute atomic E-state index is 0.00174. The average Bonchev–Trinajstić information content (AvgIpc) is 3.15. The van der Waals surface area contributed by atoms with Gasteiger partial charge in [0.25, 0.3) is 0 Å². The van der Waals surface area contributed by atoms with Crippen molar-refractivity contribution in [1.29, 1.82) is 0 Å². The normalized spacial score (nSPS) is 25.6. The van der Waals surface area contributed by atoms with Gasteiger partial charge in [-0.1, -0.05) is 28.1 Å². The van der Waals surface area contributed by atoms with Crippen LogP contribution in [0.25, 0.3) is 0 Å². The largest absolute Gasteiger partial charge is 0.463 e. The first-order valence-electron chi connectivity index (χ1n) is 8.63. The van der Waals surface area contributed by atoms with E-state index < -0.39 is 11.8 Å². The van der Waals surface area contributed by atoms with Crippen LogP contribution in [0.4, 0.5) is 5.69 Å². The highest BCUT2D eigenvalue weighted by Gasteiger charge is 2.35. The minimum atomic E-state index is -0.443. The molecule has 1 aliphatic carbocycles. The summed E-state index contributed by atoms with van der Waals surface area (Å²) in [6, 6.07) is 7.38. The Balaban J connectivity index is 1.59. The van der Waals surface area contributed by atoms with Gasteiger partial charge in [0, 0.05) is 16.8 Å². The number of hydrogen-bond acceptors (Lipinski definition) is 4. The van der Waals surface area contributed by atoms with Crippen LogP contribution in [0.15, 0.2) is 40.9 Å². The molecule has 1 N–H and O–H groups in total. The molecule has 2 aliphatic rings. The molecule has 1 aliphatic heterocycles. The zero-order chi connectivity index (χ0) is 17.6. The number of ether oxygens (including phenoxy) is 2. The van der Waals surface area contributed by atoms with Crippen LogP contribution in [0.2, 0.25) is 0 Å². The first kappa shape index (κ1) is 18.1. The van der Waals surface area contributed by atoms with Crippen LogP contribution in [0.5, 0.6) is 0 Å². The summed E-state index contributed by atoms with van der Waals surface area (Å²) in [7, 11) is 0. The highest BCUT2D eigenvalue weighted by molar-refractivity contribution is 9.10. The van der Waals surface area contributed by atoms with Gasteiger partial charge in [-0.3, -0.25) is 9.59 Å². The number of anilines is 1. The molecule has 0 bridgehead atoms. The summed E-state index contributed by atoms with van der Waals surface area (Å²) in [5, 5.41) is 2.89. The third-order valence-electron chi connectivity index (χ3n) is 4.62. The van der Waals surface area contributed by atoms with Gasteiger partial charge in [-0.2, -0.15) is 0 Å². The van der Waals surface area contributed by atoms with Crippen LogP contribution in [-0.2, 0) is 19.1 Å². The predicted molar refractivity (Wildman–Crippen MR) is 98.1 cm³/mol. The quantitative estimate of drug-likeness (QED) is 0.596. The Morgan fingerprint density at radius 2 is 1.88 bits per heavy atom. The van der Waals surface area contributed by atoms with Gasteiger partial charge in [-0.05, 0) is 49.9 Å². The fourth-order valence-corrected chi connectivity index (χ4v) is 3.45. The van der Waals surface area contributed by atoms with Gasteiger partial charge in [-0.15, -0.1) is 0 Å². The Kier molecular flexibility index (Phi) is 6.26. The zero-order valence-electron chi connectivity index (χ0n) is 13.9. The Bertz CT molecular complexity index is 637. The van der Waals surface area contributed by atoms with Crippen molar-refractivity contribution in [3.8, 4) is 0 Å². The Hall–Kier alpha value is -1.66. The second kappa shape index (κ2) is 8.63. The molecule has 1 aromatic rings. The van der Waals surface area contributed by atoms with Crippen molar-refractivity contribution in [2.75, 3.05) is 18.5 Å². The van der Waals surface area contributed by atoms with E-state index in [-0.39, 0.29) is 24.6 Å². The molecule has 134 valence electrons. The van der Waals surface area contributed by atoms with Crippen LogP contribution in [-0.4, -0.2) is 31.2 Å². The van der Waals surface area contributed by atoms with E-state index in [0.29, 0.717) is 18.5 Å². The van der Waals surface area contributed by atoms with Crippen molar-refractivity contribution in [1.82, 2.24) is 0 Å². The Morgan fingerprint density at radius 1 is 1.16 bits per heavy atom. The molecule has 5 nitrogen and oxygen atoms in total. The van der Waals surface area contributed by atoms with E-state index in [1.165, 1.54) is 0 Å². The molecule has 0 unspecified atom stereocenters. The molecule has 3 rings (SSSR count). The summed E-state index contributed by atoms with van der Waals surface area (Å²) in [5.41, 5.74) is 0.717. The first-order chi connectivity index (χ1) is 12.1. The highest BCUT2D eigenvalue weighted by Crippen LogP contribution is 2.29. The number of halogens is 1. The number of allylic oxidation sites excluding steroid dienone is 2. The van der Waals surface area contributed by atoms with Crippen molar-refractivity contribution < 1.29 is 19.1 Å². The van der Waals surface area contributed by atoms with Crippen molar-refractivity contribution in [2.24, 2.45) is 11.8 Å². The smallest absolute Gasteiger partial charge is 0.310 e. The van der Waals surface area contributed by atoms with Gasteiger partial charge in [0.1, 0.15) is 6.61 Å². The fraction of sp³-hybridized carbons (Fsp3) is 0.474. The average molecular weight is 408 g/mol. The summed E-state index contributed by atoms with van der Waals surface area (Å²) in [6.07, 6.45) is 6.90. The van der Waals surface area contributed by atoms with Crippen LogP contribution >= 0.6 is 15.9 Å². The molecule has 6 heteroatoms. The molecular weight excluding hydrogens is 386 g/mol. The molecule has 1 amide bonds. The highest BCUT2D eigenvalue weighted by atomic mass is 79.9. The van der Waals surface area contributed by atoms with Crippen LogP contribution in [0, 0.1) is 11.8 Å². The lowest BCUT2D eigenvalue weighted by Crippen LogP contribution is -2.36. The molecule has 0 saturated carbocycles. The number of rotatable bonds is 5. The number of amides is 1. The second-order valence-corrected chi connectivity index (χ2v) is 7.33.